The first kappa shape index (κ1) is 14.6. The smallest absolute Gasteiger partial charge is 0.310 e. The highest BCUT2D eigenvalue weighted by Gasteiger charge is 2.28. The van der Waals surface area contributed by atoms with Gasteiger partial charge in [0.2, 0.25) is 5.91 Å². The third-order valence-electron chi connectivity index (χ3n) is 3.54. The van der Waals surface area contributed by atoms with E-state index in [0.29, 0.717) is 26.1 Å². The normalized spacial score (nSPS) is 18.9. The maximum atomic E-state index is 12.2. The van der Waals surface area contributed by atoms with E-state index in [0.717, 1.165) is 19.4 Å². The Morgan fingerprint density at radius 1 is 1.45 bits per heavy atom. The second-order valence-electron chi connectivity index (χ2n) is 4.98. The van der Waals surface area contributed by atoms with Crippen molar-refractivity contribution < 1.29 is 14.3 Å². The van der Waals surface area contributed by atoms with Crippen molar-refractivity contribution in [3.63, 3.8) is 0 Å². The van der Waals surface area contributed by atoms with Gasteiger partial charge in [-0.1, -0.05) is 0 Å². The summed E-state index contributed by atoms with van der Waals surface area (Å²) >= 11 is 0. The molecule has 0 spiro atoms. The molecule has 1 aliphatic rings. The molecular weight excluding hydrogens is 258 g/mol. The number of aryl methyl sites for hydroxylation is 1. The Labute approximate surface area is 118 Å². The fraction of sp³-hybridized carbons (Fsp3) is 0.643. The molecule has 2 rings (SSSR count). The minimum absolute atomic E-state index is 0.0905. The van der Waals surface area contributed by atoms with Crippen LogP contribution in [0.1, 0.15) is 26.2 Å². The van der Waals surface area contributed by atoms with Crippen molar-refractivity contribution in [1.82, 2.24) is 14.5 Å². The van der Waals surface area contributed by atoms with E-state index in [2.05, 4.69) is 4.98 Å². The number of hydrogen-bond acceptors (Lipinski definition) is 4. The van der Waals surface area contributed by atoms with E-state index in [4.69, 9.17) is 4.74 Å². The number of rotatable bonds is 5. The summed E-state index contributed by atoms with van der Waals surface area (Å²) in [4.78, 5) is 29.6. The molecule has 0 saturated carbocycles. The quantitative estimate of drug-likeness (QED) is 0.756. The van der Waals surface area contributed by atoms with Crippen LogP contribution in [0.2, 0.25) is 0 Å². The molecule has 6 nitrogen and oxygen atoms in total. The molecular formula is C14H21N3O3. The Kier molecular flexibility index (Phi) is 5.15. The van der Waals surface area contributed by atoms with E-state index in [-0.39, 0.29) is 17.8 Å². The molecule has 110 valence electrons. The van der Waals surface area contributed by atoms with Crippen LogP contribution in [-0.4, -0.2) is 46.0 Å². The van der Waals surface area contributed by atoms with Gasteiger partial charge in [0.15, 0.2) is 0 Å². The van der Waals surface area contributed by atoms with Gasteiger partial charge in [-0.15, -0.1) is 0 Å². The van der Waals surface area contributed by atoms with E-state index < -0.39 is 0 Å². The molecule has 0 radical (unpaired) electrons. The second kappa shape index (κ2) is 7.07. The van der Waals surface area contributed by atoms with Crippen molar-refractivity contribution in [3.8, 4) is 0 Å². The van der Waals surface area contributed by atoms with E-state index in [1.54, 1.807) is 24.3 Å². The number of esters is 1. The summed E-state index contributed by atoms with van der Waals surface area (Å²) in [6, 6.07) is 0. The second-order valence-corrected chi connectivity index (χ2v) is 4.98. The lowest BCUT2D eigenvalue weighted by Gasteiger charge is -2.31. The molecule has 20 heavy (non-hydrogen) atoms. The molecule has 6 heteroatoms. The number of hydrogen-bond donors (Lipinski definition) is 0. The highest BCUT2D eigenvalue weighted by atomic mass is 16.5. The van der Waals surface area contributed by atoms with E-state index in [1.807, 2.05) is 10.8 Å². The van der Waals surface area contributed by atoms with Gasteiger partial charge < -0.3 is 14.2 Å². The van der Waals surface area contributed by atoms with Gasteiger partial charge in [0.1, 0.15) is 0 Å². The van der Waals surface area contributed by atoms with Crippen molar-refractivity contribution in [3.05, 3.63) is 18.7 Å². The van der Waals surface area contributed by atoms with E-state index in [1.165, 1.54) is 0 Å². The van der Waals surface area contributed by atoms with Crippen molar-refractivity contribution in [1.29, 1.82) is 0 Å². The minimum atomic E-state index is -0.181. The molecule has 1 fully saturated rings. The van der Waals surface area contributed by atoms with Gasteiger partial charge in [0.25, 0.3) is 0 Å². The average Bonchev–Trinajstić information content (AvgIpc) is 2.98. The fourth-order valence-corrected chi connectivity index (χ4v) is 2.46. The van der Waals surface area contributed by atoms with Crippen LogP contribution in [0, 0.1) is 5.92 Å². The first-order valence-corrected chi connectivity index (χ1v) is 7.11. The standard InChI is InChI=1S/C14H21N3O3/c1-2-20-14(19)12-4-3-7-17(10-12)13(18)5-8-16-9-6-15-11-16/h6,9,11-12H,2-5,7-8,10H2,1H3. The van der Waals surface area contributed by atoms with Gasteiger partial charge in [-0.05, 0) is 19.8 Å². The maximum Gasteiger partial charge on any atom is 0.310 e. The molecule has 1 aliphatic heterocycles. The number of amides is 1. The van der Waals surface area contributed by atoms with Crippen LogP contribution in [0.5, 0.6) is 0 Å². The molecule has 0 bridgehead atoms. The largest absolute Gasteiger partial charge is 0.466 e. The molecule has 1 amide bonds. The summed E-state index contributed by atoms with van der Waals surface area (Å²) in [6.45, 7) is 4.04. The number of ether oxygens (including phenoxy) is 1. The summed E-state index contributed by atoms with van der Waals surface area (Å²) in [6.07, 6.45) is 7.34. The number of carbonyl (C=O) groups is 2. The van der Waals surface area contributed by atoms with Crippen LogP contribution >= 0.6 is 0 Å². The lowest BCUT2D eigenvalue weighted by molar-refractivity contribution is -0.151. The number of nitrogens with zero attached hydrogens (tertiary/aromatic N) is 3. The molecule has 0 aliphatic carbocycles. The van der Waals surface area contributed by atoms with Crippen LogP contribution in [-0.2, 0) is 20.9 Å². The molecule has 1 saturated heterocycles. The lowest BCUT2D eigenvalue weighted by atomic mass is 9.98. The van der Waals surface area contributed by atoms with Crippen molar-refractivity contribution in [2.24, 2.45) is 5.92 Å². The SMILES string of the molecule is CCOC(=O)C1CCCN(C(=O)CCn2ccnc2)C1. The van der Waals surface area contributed by atoms with Gasteiger partial charge in [-0.25, -0.2) is 4.98 Å². The Morgan fingerprint density at radius 3 is 3.00 bits per heavy atom. The molecule has 1 unspecified atom stereocenters. The molecule has 2 heterocycles. The van der Waals surface area contributed by atoms with Crippen LogP contribution in [0.25, 0.3) is 0 Å². The zero-order chi connectivity index (χ0) is 14.4. The fourth-order valence-electron chi connectivity index (χ4n) is 2.46. The average molecular weight is 279 g/mol. The summed E-state index contributed by atoms with van der Waals surface area (Å²) in [5.74, 6) is -0.256. The maximum absolute atomic E-state index is 12.2. The molecule has 1 atom stereocenters. The number of imidazole rings is 1. The molecule has 0 N–H and O–H groups in total. The van der Waals surface area contributed by atoms with Crippen LogP contribution in [0.15, 0.2) is 18.7 Å². The summed E-state index contributed by atoms with van der Waals surface area (Å²) in [5.41, 5.74) is 0. The van der Waals surface area contributed by atoms with Crippen molar-refractivity contribution in [2.75, 3.05) is 19.7 Å². The first-order valence-electron chi connectivity index (χ1n) is 7.11. The number of piperidine rings is 1. The van der Waals surface area contributed by atoms with Gasteiger partial charge in [-0.3, -0.25) is 9.59 Å². The summed E-state index contributed by atoms with van der Waals surface area (Å²) in [7, 11) is 0. The van der Waals surface area contributed by atoms with Gasteiger partial charge in [-0.2, -0.15) is 0 Å². The van der Waals surface area contributed by atoms with Crippen molar-refractivity contribution >= 4 is 11.9 Å². The zero-order valence-corrected chi connectivity index (χ0v) is 11.8. The van der Waals surface area contributed by atoms with Crippen LogP contribution in [0.3, 0.4) is 0 Å². The Bertz CT molecular complexity index is 445. The number of aromatic nitrogens is 2. The topological polar surface area (TPSA) is 64.4 Å². The Morgan fingerprint density at radius 2 is 2.30 bits per heavy atom. The minimum Gasteiger partial charge on any atom is -0.466 e. The zero-order valence-electron chi connectivity index (χ0n) is 11.8. The van der Waals surface area contributed by atoms with Crippen LogP contribution < -0.4 is 0 Å². The highest BCUT2D eigenvalue weighted by molar-refractivity contribution is 5.78. The predicted octanol–water partition coefficient (Wildman–Crippen LogP) is 1.07. The number of likely N-dealkylation sites (tertiary alicyclic amines) is 1. The molecule has 0 aromatic carbocycles. The van der Waals surface area contributed by atoms with E-state index in [9.17, 15) is 9.59 Å². The number of carbonyl (C=O) groups excluding carboxylic acids is 2. The summed E-state index contributed by atoms with van der Waals surface area (Å²) < 4.78 is 6.92. The lowest BCUT2D eigenvalue weighted by Crippen LogP contribution is -2.43. The van der Waals surface area contributed by atoms with E-state index >= 15 is 0 Å². The molecule has 1 aromatic rings. The third kappa shape index (κ3) is 3.82. The monoisotopic (exact) mass is 279 g/mol. The highest BCUT2D eigenvalue weighted by Crippen LogP contribution is 2.18. The Hall–Kier alpha value is -1.85. The predicted molar refractivity (Wildman–Crippen MR) is 72.8 cm³/mol. The molecule has 1 aromatic heterocycles. The van der Waals surface area contributed by atoms with Crippen molar-refractivity contribution in [2.45, 2.75) is 32.7 Å². The van der Waals surface area contributed by atoms with Crippen LogP contribution in [0.4, 0.5) is 0 Å². The third-order valence-corrected chi connectivity index (χ3v) is 3.54. The van der Waals surface area contributed by atoms with Gasteiger partial charge in [0.05, 0.1) is 18.9 Å². The summed E-state index contributed by atoms with van der Waals surface area (Å²) in [5, 5.41) is 0. The van der Waals surface area contributed by atoms with Gasteiger partial charge >= 0.3 is 5.97 Å². The first-order chi connectivity index (χ1) is 9.70. The van der Waals surface area contributed by atoms with Gasteiger partial charge in [0, 0.05) is 38.4 Å². The Balaban J connectivity index is 1.81.